The summed E-state index contributed by atoms with van der Waals surface area (Å²) in [5.74, 6) is 1.14. The highest BCUT2D eigenvalue weighted by Crippen LogP contribution is 2.25. The van der Waals surface area contributed by atoms with E-state index in [0.717, 1.165) is 17.4 Å². The van der Waals surface area contributed by atoms with Gasteiger partial charge in [0, 0.05) is 30.4 Å². The van der Waals surface area contributed by atoms with Gasteiger partial charge in [0.25, 0.3) is 5.69 Å². The smallest absolute Gasteiger partial charge is 0.270 e. The summed E-state index contributed by atoms with van der Waals surface area (Å²) >= 11 is 3.38. The molecule has 0 bridgehead atoms. The lowest BCUT2D eigenvalue weighted by molar-refractivity contribution is -0.384. The second kappa shape index (κ2) is 6.42. The summed E-state index contributed by atoms with van der Waals surface area (Å²) in [6.45, 7) is 2.85. The van der Waals surface area contributed by atoms with Crippen LogP contribution in [-0.4, -0.2) is 21.4 Å². The molecule has 20 heavy (non-hydrogen) atoms. The van der Waals surface area contributed by atoms with Gasteiger partial charge in [-0.05, 0) is 22.4 Å². The highest BCUT2D eigenvalue weighted by Gasteiger charge is 2.11. The Morgan fingerprint density at radius 2 is 2.25 bits per heavy atom. The van der Waals surface area contributed by atoms with E-state index >= 15 is 0 Å². The Labute approximate surface area is 124 Å². The highest BCUT2D eigenvalue weighted by atomic mass is 79.9. The average molecular weight is 337 g/mol. The number of rotatable bonds is 5. The van der Waals surface area contributed by atoms with Crippen molar-refractivity contribution in [2.45, 2.75) is 13.3 Å². The number of nitrogens with one attached hydrogen (secondary N) is 1. The number of aromatic nitrogens is 2. The number of non-ortho nitro benzene ring substituents is 1. The number of nitrogens with zero attached hydrogens (tertiary/aromatic N) is 3. The first kappa shape index (κ1) is 14.4. The van der Waals surface area contributed by atoms with Crippen molar-refractivity contribution in [3.8, 4) is 11.4 Å². The number of nitro groups is 1. The lowest BCUT2D eigenvalue weighted by atomic mass is 10.2. The quantitative estimate of drug-likeness (QED) is 0.665. The molecular weight excluding hydrogens is 324 g/mol. The topological polar surface area (TPSA) is 81.0 Å². The Morgan fingerprint density at radius 1 is 1.45 bits per heavy atom. The van der Waals surface area contributed by atoms with E-state index in [-0.39, 0.29) is 5.69 Å². The van der Waals surface area contributed by atoms with Crippen molar-refractivity contribution in [1.82, 2.24) is 9.97 Å². The zero-order valence-electron chi connectivity index (χ0n) is 10.8. The minimum absolute atomic E-state index is 0.0251. The molecule has 1 aromatic heterocycles. The summed E-state index contributed by atoms with van der Waals surface area (Å²) in [6, 6.07) is 6.28. The van der Waals surface area contributed by atoms with Gasteiger partial charge in [-0.1, -0.05) is 19.1 Å². The average Bonchev–Trinajstić information content (AvgIpc) is 2.46. The summed E-state index contributed by atoms with van der Waals surface area (Å²) in [5.41, 5.74) is 0.642. The second-order valence-electron chi connectivity index (χ2n) is 4.12. The minimum atomic E-state index is -0.432. The first-order valence-corrected chi connectivity index (χ1v) is 6.92. The number of hydrogen-bond donors (Lipinski definition) is 1. The molecule has 2 aromatic rings. The van der Waals surface area contributed by atoms with Gasteiger partial charge in [0.05, 0.1) is 9.40 Å². The zero-order valence-corrected chi connectivity index (χ0v) is 12.4. The van der Waals surface area contributed by atoms with Gasteiger partial charge in [-0.3, -0.25) is 10.1 Å². The molecule has 104 valence electrons. The van der Waals surface area contributed by atoms with Crippen LogP contribution >= 0.6 is 15.9 Å². The van der Waals surface area contributed by atoms with Crippen LogP contribution in [0.2, 0.25) is 0 Å². The fourth-order valence-electron chi connectivity index (χ4n) is 1.63. The Balaban J connectivity index is 2.37. The second-order valence-corrected chi connectivity index (χ2v) is 4.98. The van der Waals surface area contributed by atoms with Crippen LogP contribution in [0.4, 0.5) is 11.5 Å². The molecule has 0 aliphatic carbocycles. The third kappa shape index (κ3) is 3.30. The molecule has 0 aliphatic rings. The molecule has 0 unspecified atom stereocenters. The fraction of sp³-hybridized carbons (Fsp3) is 0.231. The molecule has 6 nitrogen and oxygen atoms in total. The summed E-state index contributed by atoms with van der Waals surface area (Å²) < 4.78 is 0.764. The van der Waals surface area contributed by atoms with Gasteiger partial charge >= 0.3 is 0 Å². The van der Waals surface area contributed by atoms with Gasteiger partial charge in [-0.2, -0.15) is 0 Å². The summed E-state index contributed by atoms with van der Waals surface area (Å²) in [4.78, 5) is 18.9. The molecule has 2 rings (SSSR count). The van der Waals surface area contributed by atoms with E-state index in [0.29, 0.717) is 17.2 Å². The molecule has 0 spiro atoms. The van der Waals surface area contributed by atoms with Crippen molar-refractivity contribution in [3.63, 3.8) is 0 Å². The van der Waals surface area contributed by atoms with Crippen LogP contribution in [0.1, 0.15) is 13.3 Å². The lowest BCUT2D eigenvalue weighted by Crippen LogP contribution is -2.04. The van der Waals surface area contributed by atoms with Crippen molar-refractivity contribution < 1.29 is 4.92 Å². The number of benzene rings is 1. The molecule has 1 aromatic carbocycles. The predicted octanol–water partition coefficient (Wildman–Crippen LogP) is 3.64. The van der Waals surface area contributed by atoms with Gasteiger partial charge in [-0.15, -0.1) is 0 Å². The number of halogens is 1. The molecule has 0 saturated heterocycles. The van der Waals surface area contributed by atoms with Crippen LogP contribution in [0.25, 0.3) is 11.4 Å². The van der Waals surface area contributed by atoms with Gasteiger partial charge in [0.1, 0.15) is 5.82 Å². The first-order valence-electron chi connectivity index (χ1n) is 6.13. The minimum Gasteiger partial charge on any atom is -0.369 e. The highest BCUT2D eigenvalue weighted by molar-refractivity contribution is 9.10. The van der Waals surface area contributed by atoms with Gasteiger partial charge in [0.15, 0.2) is 5.82 Å². The van der Waals surface area contributed by atoms with Gasteiger partial charge < -0.3 is 5.32 Å². The Hall–Kier alpha value is -2.02. The normalized spacial score (nSPS) is 10.3. The van der Waals surface area contributed by atoms with E-state index in [1.54, 1.807) is 18.3 Å². The molecule has 0 radical (unpaired) electrons. The molecule has 7 heteroatoms. The summed E-state index contributed by atoms with van der Waals surface area (Å²) in [7, 11) is 0. The molecular formula is C13H13BrN4O2. The maximum Gasteiger partial charge on any atom is 0.270 e. The molecule has 0 aliphatic heterocycles. The maximum atomic E-state index is 10.8. The SMILES string of the molecule is CCCNc1nc(-c2cccc([N+](=O)[O-])c2)ncc1Br. The van der Waals surface area contributed by atoms with E-state index in [1.807, 2.05) is 0 Å². The Morgan fingerprint density at radius 3 is 2.95 bits per heavy atom. The van der Waals surface area contributed by atoms with E-state index in [4.69, 9.17) is 0 Å². The fourth-order valence-corrected chi connectivity index (χ4v) is 1.96. The van der Waals surface area contributed by atoms with Crippen molar-refractivity contribution in [2.75, 3.05) is 11.9 Å². The summed E-state index contributed by atoms with van der Waals surface area (Å²) in [5, 5.41) is 14.0. The Kier molecular flexibility index (Phi) is 4.62. The maximum absolute atomic E-state index is 10.8. The van der Waals surface area contributed by atoms with Gasteiger partial charge in [0.2, 0.25) is 0 Å². The largest absolute Gasteiger partial charge is 0.369 e. The molecule has 0 saturated carbocycles. The monoisotopic (exact) mass is 336 g/mol. The Bertz CT molecular complexity index is 634. The molecule has 0 atom stereocenters. The lowest BCUT2D eigenvalue weighted by Gasteiger charge is -2.08. The predicted molar refractivity (Wildman–Crippen MR) is 80.6 cm³/mol. The van der Waals surface area contributed by atoms with Crippen LogP contribution in [0.3, 0.4) is 0 Å². The van der Waals surface area contributed by atoms with Crippen LogP contribution < -0.4 is 5.32 Å². The van der Waals surface area contributed by atoms with E-state index in [9.17, 15) is 10.1 Å². The third-order valence-corrected chi connectivity index (χ3v) is 3.18. The first-order chi connectivity index (χ1) is 9.61. The number of nitro benzene ring substituents is 1. The third-order valence-electron chi connectivity index (χ3n) is 2.60. The molecule has 1 heterocycles. The van der Waals surface area contributed by atoms with Crippen LogP contribution in [0.15, 0.2) is 34.9 Å². The summed E-state index contributed by atoms with van der Waals surface area (Å²) in [6.07, 6.45) is 2.61. The van der Waals surface area contributed by atoms with Crippen molar-refractivity contribution in [3.05, 3.63) is 45.0 Å². The molecule has 0 fully saturated rings. The molecule has 1 N–H and O–H groups in total. The van der Waals surface area contributed by atoms with Crippen LogP contribution in [0, 0.1) is 10.1 Å². The van der Waals surface area contributed by atoms with Crippen LogP contribution in [-0.2, 0) is 0 Å². The van der Waals surface area contributed by atoms with Crippen molar-refractivity contribution in [2.24, 2.45) is 0 Å². The van der Waals surface area contributed by atoms with E-state index in [2.05, 4.69) is 38.1 Å². The number of anilines is 1. The standard InChI is InChI=1S/C13H13BrN4O2/c1-2-6-15-13-11(14)8-16-12(17-13)9-4-3-5-10(7-9)18(19)20/h3-5,7-8H,2,6H2,1H3,(H,15,16,17). The van der Waals surface area contributed by atoms with E-state index < -0.39 is 4.92 Å². The van der Waals surface area contributed by atoms with E-state index in [1.165, 1.54) is 12.1 Å². The van der Waals surface area contributed by atoms with Crippen molar-refractivity contribution >= 4 is 27.4 Å². The van der Waals surface area contributed by atoms with Gasteiger partial charge in [-0.25, -0.2) is 9.97 Å². The van der Waals surface area contributed by atoms with Crippen LogP contribution in [0.5, 0.6) is 0 Å². The zero-order chi connectivity index (χ0) is 14.5. The molecule has 0 amide bonds. The van der Waals surface area contributed by atoms with Crippen molar-refractivity contribution in [1.29, 1.82) is 0 Å². The number of hydrogen-bond acceptors (Lipinski definition) is 5.